The number of carbonyl (C=O) groups excluding carboxylic acids is 1. The molecule has 0 saturated carbocycles. The van der Waals surface area contributed by atoms with E-state index in [9.17, 15) is 4.79 Å². The summed E-state index contributed by atoms with van der Waals surface area (Å²) in [6.45, 7) is 4.61. The number of benzene rings is 1. The second-order valence-corrected chi connectivity index (χ2v) is 4.51. The van der Waals surface area contributed by atoms with Crippen molar-refractivity contribution in [3.8, 4) is 5.75 Å². The fourth-order valence-corrected chi connectivity index (χ4v) is 2.10. The van der Waals surface area contributed by atoms with E-state index in [0.29, 0.717) is 18.0 Å². The number of morpholine rings is 1. The molecule has 0 bridgehead atoms. The lowest BCUT2D eigenvalue weighted by atomic mass is 10.1. The van der Waals surface area contributed by atoms with Crippen molar-refractivity contribution in [2.45, 2.75) is 0 Å². The average Bonchev–Trinajstić information content (AvgIpc) is 2.48. The van der Waals surface area contributed by atoms with E-state index in [0.717, 1.165) is 32.8 Å². The maximum atomic E-state index is 11.7. The van der Waals surface area contributed by atoms with Gasteiger partial charge in [-0.1, -0.05) is 6.07 Å². The minimum Gasteiger partial charge on any atom is -0.491 e. The van der Waals surface area contributed by atoms with Gasteiger partial charge < -0.3 is 19.9 Å². The molecule has 0 aliphatic carbocycles. The molecule has 0 aromatic heterocycles. The van der Waals surface area contributed by atoms with Crippen LogP contribution < -0.4 is 10.5 Å². The van der Waals surface area contributed by atoms with Crippen molar-refractivity contribution in [1.82, 2.24) is 4.90 Å². The molecule has 0 spiro atoms. The van der Waals surface area contributed by atoms with E-state index in [-0.39, 0.29) is 5.56 Å². The van der Waals surface area contributed by atoms with Crippen LogP contribution in [0, 0.1) is 0 Å². The second-order valence-electron chi connectivity index (χ2n) is 4.51. The summed E-state index contributed by atoms with van der Waals surface area (Å²) in [7, 11) is 1.33. The third kappa shape index (κ3) is 3.61. The Morgan fingerprint density at radius 2 is 2.15 bits per heavy atom. The Morgan fingerprint density at radius 3 is 2.85 bits per heavy atom. The van der Waals surface area contributed by atoms with Gasteiger partial charge in [-0.25, -0.2) is 4.79 Å². The molecule has 6 nitrogen and oxygen atoms in total. The molecule has 1 fully saturated rings. The standard InChI is InChI=1S/C14H20N2O4/c1-18-14(17)13-11(15)3-2-4-12(13)20-10-7-16-5-8-19-9-6-16/h2-4H,5-10,15H2,1H3. The van der Waals surface area contributed by atoms with E-state index < -0.39 is 5.97 Å². The van der Waals surface area contributed by atoms with E-state index >= 15 is 0 Å². The summed E-state index contributed by atoms with van der Waals surface area (Å²) in [6.07, 6.45) is 0. The van der Waals surface area contributed by atoms with E-state index in [1.165, 1.54) is 7.11 Å². The summed E-state index contributed by atoms with van der Waals surface area (Å²) in [5, 5.41) is 0. The Morgan fingerprint density at radius 1 is 1.40 bits per heavy atom. The molecular formula is C14H20N2O4. The molecule has 110 valence electrons. The number of hydrogen-bond acceptors (Lipinski definition) is 6. The zero-order valence-electron chi connectivity index (χ0n) is 11.6. The van der Waals surface area contributed by atoms with Gasteiger partial charge >= 0.3 is 5.97 Å². The molecule has 2 rings (SSSR count). The van der Waals surface area contributed by atoms with Crippen molar-refractivity contribution < 1.29 is 19.0 Å². The predicted octanol–water partition coefficient (Wildman–Crippen LogP) is 0.766. The quantitative estimate of drug-likeness (QED) is 0.634. The number of hydrogen-bond donors (Lipinski definition) is 1. The molecule has 6 heteroatoms. The van der Waals surface area contributed by atoms with Crippen LogP contribution in [0.25, 0.3) is 0 Å². The van der Waals surface area contributed by atoms with Gasteiger partial charge in [0, 0.05) is 25.3 Å². The van der Waals surface area contributed by atoms with Crippen molar-refractivity contribution in [3.05, 3.63) is 23.8 Å². The van der Waals surface area contributed by atoms with Gasteiger partial charge in [0.25, 0.3) is 0 Å². The Labute approximate surface area is 118 Å². The number of carbonyl (C=O) groups is 1. The highest BCUT2D eigenvalue weighted by molar-refractivity contribution is 5.98. The Kier molecular flexibility index (Phi) is 5.20. The van der Waals surface area contributed by atoms with Gasteiger partial charge in [0.1, 0.15) is 17.9 Å². The Hall–Kier alpha value is -1.79. The molecular weight excluding hydrogens is 260 g/mol. The van der Waals surface area contributed by atoms with Crippen molar-refractivity contribution in [2.24, 2.45) is 0 Å². The highest BCUT2D eigenvalue weighted by Crippen LogP contribution is 2.25. The fourth-order valence-electron chi connectivity index (χ4n) is 2.10. The number of ether oxygens (including phenoxy) is 3. The lowest BCUT2D eigenvalue weighted by molar-refractivity contribution is 0.0321. The number of esters is 1. The van der Waals surface area contributed by atoms with Crippen LogP contribution in [0.5, 0.6) is 5.75 Å². The van der Waals surface area contributed by atoms with Gasteiger partial charge in [0.15, 0.2) is 0 Å². The van der Waals surface area contributed by atoms with Crippen molar-refractivity contribution in [3.63, 3.8) is 0 Å². The van der Waals surface area contributed by atoms with Crippen molar-refractivity contribution in [1.29, 1.82) is 0 Å². The highest BCUT2D eigenvalue weighted by Gasteiger charge is 2.17. The van der Waals surface area contributed by atoms with Crippen LogP contribution >= 0.6 is 0 Å². The highest BCUT2D eigenvalue weighted by atomic mass is 16.5. The number of nitrogen functional groups attached to an aromatic ring is 1. The molecule has 1 aliphatic rings. The first-order valence-electron chi connectivity index (χ1n) is 6.62. The van der Waals surface area contributed by atoms with Crippen LogP contribution in [-0.2, 0) is 9.47 Å². The van der Waals surface area contributed by atoms with E-state index in [4.69, 9.17) is 19.9 Å². The smallest absolute Gasteiger partial charge is 0.343 e. The van der Waals surface area contributed by atoms with Gasteiger partial charge in [0.2, 0.25) is 0 Å². The third-order valence-corrected chi connectivity index (χ3v) is 3.22. The molecule has 1 heterocycles. The number of anilines is 1. The van der Waals surface area contributed by atoms with Gasteiger partial charge in [-0.3, -0.25) is 4.90 Å². The number of methoxy groups -OCH3 is 1. The summed E-state index contributed by atoms with van der Waals surface area (Å²) < 4.78 is 15.7. The average molecular weight is 280 g/mol. The third-order valence-electron chi connectivity index (χ3n) is 3.22. The van der Waals surface area contributed by atoms with Gasteiger partial charge in [-0.15, -0.1) is 0 Å². The monoisotopic (exact) mass is 280 g/mol. The topological polar surface area (TPSA) is 74.0 Å². The van der Waals surface area contributed by atoms with Crippen LogP contribution in [0.4, 0.5) is 5.69 Å². The fraction of sp³-hybridized carbons (Fsp3) is 0.500. The molecule has 1 aromatic carbocycles. The summed E-state index contributed by atoms with van der Waals surface area (Å²) >= 11 is 0. The van der Waals surface area contributed by atoms with Crippen LogP contribution in [0.3, 0.4) is 0 Å². The molecule has 1 aromatic rings. The number of nitrogens with zero attached hydrogens (tertiary/aromatic N) is 1. The summed E-state index contributed by atoms with van der Waals surface area (Å²) in [6, 6.07) is 5.13. The van der Waals surface area contributed by atoms with E-state index in [1.54, 1.807) is 18.2 Å². The molecule has 0 amide bonds. The lowest BCUT2D eigenvalue weighted by Gasteiger charge is -2.26. The van der Waals surface area contributed by atoms with Crippen LogP contribution in [0.2, 0.25) is 0 Å². The SMILES string of the molecule is COC(=O)c1c(N)cccc1OCCN1CCOCC1. The molecule has 0 atom stereocenters. The molecule has 0 unspecified atom stereocenters. The Bertz CT molecular complexity index is 458. The summed E-state index contributed by atoms with van der Waals surface area (Å²) in [5.41, 5.74) is 6.46. The molecule has 2 N–H and O–H groups in total. The first-order valence-corrected chi connectivity index (χ1v) is 6.62. The maximum absolute atomic E-state index is 11.7. The van der Waals surface area contributed by atoms with Crippen LogP contribution in [-0.4, -0.2) is 57.4 Å². The largest absolute Gasteiger partial charge is 0.491 e. The minimum atomic E-state index is -0.482. The minimum absolute atomic E-state index is 0.289. The van der Waals surface area contributed by atoms with Crippen molar-refractivity contribution >= 4 is 11.7 Å². The molecule has 1 aliphatic heterocycles. The summed E-state index contributed by atoms with van der Waals surface area (Å²) in [5.74, 6) is -0.0189. The molecule has 20 heavy (non-hydrogen) atoms. The van der Waals surface area contributed by atoms with Crippen LogP contribution in [0.1, 0.15) is 10.4 Å². The zero-order valence-corrected chi connectivity index (χ0v) is 11.6. The van der Waals surface area contributed by atoms with E-state index in [1.807, 2.05) is 0 Å². The second kappa shape index (κ2) is 7.12. The normalized spacial score (nSPS) is 15.8. The number of nitrogens with two attached hydrogens (primary N) is 1. The molecule has 1 saturated heterocycles. The van der Waals surface area contributed by atoms with Gasteiger partial charge in [-0.2, -0.15) is 0 Å². The molecule has 0 radical (unpaired) electrons. The van der Waals surface area contributed by atoms with Gasteiger partial charge in [0.05, 0.1) is 20.3 Å². The zero-order chi connectivity index (χ0) is 14.4. The van der Waals surface area contributed by atoms with Crippen LogP contribution in [0.15, 0.2) is 18.2 Å². The maximum Gasteiger partial charge on any atom is 0.343 e. The summed E-state index contributed by atoms with van der Waals surface area (Å²) in [4.78, 5) is 14.0. The van der Waals surface area contributed by atoms with Crippen molar-refractivity contribution in [2.75, 3.05) is 52.3 Å². The van der Waals surface area contributed by atoms with Gasteiger partial charge in [-0.05, 0) is 12.1 Å². The predicted molar refractivity (Wildman–Crippen MR) is 74.9 cm³/mol. The lowest BCUT2D eigenvalue weighted by Crippen LogP contribution is -2.38. The van der Waals surface area contributed by atoms with E-state index in [2.05, 4.69) is 4.90 Å². The number of rotatable bonds is 5. The first kappa shape index (κ1) is 14.6. The first-order chi connectivity index (χ1) is 9.72. The Balaban J connectivity index is 1.95.